The Bertz CT molecular complexity index is 565. The first-order valence-corrected chi connectivity index (χ1v) is 6.90. The summed E-state index contributed by atoms with van der Waals surface area (Å²) >= 11 is 0. The zero-order chi connectivity index (χ0) is 15.0. The number of carboxylic acid groups (broad SMARTS) is 1. The second-order valence-corrected chi connectivity index (χ2v) is 5.58. The molecule has 0 aromatic carbocycles. The molecule has 21 heavy (non-hydrogen) atoms. The highest BCUT2D eigenvalue weighted by Gasteiger charge is 2.43. The fourth-order valence-corrected chi connectivity index (χ4v) is 3.57. The average molecular weight is 292 g/mol. The second kappa shape index (κ2) is 5.19. The Kier molecular flexibility index (Phi) is 3.36. The van der Waals surface area contributed by atoms with E-state index >= 15 is 0 Å². The fraction of sp³-hybridized carbons (Fsp3) is 0.538. The van der Waals surface area contributed by atoms with Gasteiger partial charge < -0.3 is 25.4 Å². The van der Waals surface area contributed by atoms with Gasteiger partial charge in [0.15, 0.2) is 0 Å². The number of piperidine rings is 1. The molecule has 3 atom stereocenters. The molecule has 8 heteroatoms. The zero-order valence-corrected chi connectivity index (χ0v) is 11.3. The topological polar surface area (TPSA) is 109 Å². The molecule has 1 aliphatic carbocycles. The third kappa shape index (κ3) is 2.48. The van der Waals surface area contributed by atoms with Crippen LogP contribution in [0.25, 0.3) is 0 Å². The fourth-order valence-electron chi connectivity index (χ4n) is 3.57. The molecule has 2 bridgehead atoms. The summed E-state index contributed by atoms with van der Waals surface area (Å²) < 4.78 is 0. The third-order valence-corrected chi connectivity index (χ3v) is 4.40. The predicted octanol–water partition coefficient (Wildman–Crippen LogP) is 1.47. The van der Waals surface area contributed by atoms with Crippen molar-refractivity contribution in [1.29, 1.82) is 0 Å². The van der Waals surface area contributed by atoms with Gasteiger partial charge in [0.2, 0.25) is 0 Å². The quantitative estimate of drug-likeness (QED) is 0.645. The lowest BCUT2D eigenvalue weighted by atomic mass is 9.92. The summed E-state index contributed by atoms with van der Waals surface area (Å²) in [6.45, 7) is 1.24. The van der Waals surface area contributed by atoms with Gasteiger partial charge in [0.25, 0.3) is 0 Å². The van der Waals surface area contributed by atoms with Gasteiger partial charge in [0, 0.05) is 19.1 Å². The van der Waals surface area contributed by atoms with Gasteiger partial charge in [-0.1, -0.05) is 0 Å². The van der Waals surface area contributed by atoms with E-state index in [4.69, 9.17) is 5.11 Å². The zero-order valence-electron chi connectivity index (χ0n) is 11.3. The molecule has 1 saturated heterocycles. The standard InChI is InChI=1S/C13H16N4O4/c18-13(19)15-11-8-3-4-9(11)7-16(6-8)10-2-1-5-14-12(10)17(20)21/h1-2,5,8-9,11,15H,3-4,6-7H2,(H,18,19)/t8-,9+,11?. The normalized spacial score (nSPS) is 27.4. The summed E-state index contributed by atoms with van der Waals surface area (Å²) in [6.07, 6.45) is 2.30. The maximum absolute atomic E-state index is 11.1. The number of hydrogen-bond acceptors (Lipinski definition) is 5. The lowest BCUT2D eigenvalue weighted by Crippen LogP contribution is -2.52. The van der Waals surface area contributed by atoms with Crippen molar-refractivity contribution in [3.05, 3.63) is 28.4 Å². The monoisotopic (exact) mass is 292 g/mol. The number of amides is 1. The van der Waals surface area contributed by atoms with Crippen molar-refractivity contribution >= 4 is 17.6 Å². The first kappa shape index (κ1) is 13.6. The lowest BCUT2D eigenvalue weighted by Gasteiger charge is -2.38. The van der Waals surface area contributed by atoms with Gasteiger partial charge in [-0.05, 0) is 46.7 Å². The second-order valence-electron chi connectivity index (χ2n) is 5.58. The summed E-state index contributed by atoms with van der Waals surface area (Å²) in [5.41, 5.74) is 0.521. The molecular weight excluding hydrogens is 276 g/mol. The molecule has 1 amide bonds. The van der Waals surface area contributed by atoms with E-state index in [1.54, 1.807) is 12.1 Å². The number of pyridine rings is 1. The maximum Gasteiger partial charge on any atom is 0.404 e. The average Bonchev–Trinajstić information content (AvgIpc) is 2.69. The Morgan fingerprint density at radius 1 is 1.43 bits per heavy atom. The summed E-state index contributed by atoms with van der Waals surface area (Å²) in [6, 6.07) is 3.34. The Labute approximate surface area is 120 Å². The summed E-state index contributed by atoms with van der Waals surface area (Å²) in [4.78, 5) is 27.3. The Balaban J connectivity index is 1.82. The maximum atomic E-state index is 11.1. The molecule has 3 rings (SSSR count). The van der Waals surface area contributed by atoms with Crippen molar-refractivity contribution in [3.8, 4) is 0 Å². The molecule has 1 unspecified atom stereocenters. The van der Waals surface area contributed by atoms with Crippen LogP contribution in [0.2, 0.25) is 0 Å². The van der Waals surface area contributed by atoms with Crippen molar-refractivity contribution in [2.75, 3.05) is 18.0 Å². The predicted molar refractivity (Wildman–Crippen MR) is 74.3 cm³/mol. The van der Waals surface area contributed by atoms with Crippen molar-refractivity contribution in [2.45, 2.75) is 18.9 Å². The van der Waals surface area contributed by atoms with Crippen LogP contribution < -0.4 is 10.2 Å². The van der Waals surface area contributed by atoms with Crippen LogP contribution >= 0.6 is 0 Å². The van der Waals surface area contributed by atoms with E-state index in [-0.39, 0.29) is 23.7 Å². The molecule has 8 nitrogen and oxygen atoms in total. The largest absolute Gasteiger partial charge is 0.465 e. The number of carbonyl (C=O) groups is 1. The number of fused-ring (bicyclic) bond motifs is 2. The van der Waals surface area contributed by atoms with Crippen molar-refractivity contribution in [3.63, 3.8) is 0 Å². The molecule has 2 aliphatic rings. The highest BCUT2D eigenvalue weighted by molar-refractivity contribution is 5.65. The van der Waals surface area contributed by atoms with Crippen LogP contribution in [-0.2, 0) is 0 Å². The van der Waals surface area contributed by atoms with E-state index in [1.165, 1.54) is 6.20 Å². The van der Waals surface area contributed by atoms with Gasteiger partial charge in [0.1, 0.15) is 11.9 Å². The molecule has 2 fully saturated rings. The molecule has 1 aromatic heterocycles. The molecule has 2 heterocycles. The summed E-state index contributed by atoms with van der Waals surface area (Å²) in [7, 11) is 0. The number of anilines is 1. The first-order valence-electron chi connectivity index (χ1n) is 6.90. The van der Waals surface area contributed by atoms with E-state index in [2.05, 4.69) is 10.3 Å². The first-order chi connectivity index (χ1) is 10.1. The smallest absolute Gasteiger partial charge is 0.404 e. The minimum absolute atomic E-state index is 0.0468. The molecule has 1 aromatic rings. The van der Waals surface area contributed by atoms with Crippen LogP contribution in [0.15, 0.2) is 18.3 Å². The Morgan fingerprint density at radius 3 is 2.67 bits per heavy atom. The number of aromatic nitrogens is 1. The minimum atomic E-state index is -1.00. The summed E-state index contributed by atoms with van der Waals surface area (Å²) in [5.74, 6) is 0.251. The number of nitrogens with one attached hydrogen (secondary N) is 1. The van der Waals surface area contributed by atoms with Crippen LogP contribution in [0.3, 0.4) is 0 Å². The van der Waals surface area contributed by atoms with E-state index in [0.29, 0.717) is 18.8 Å². The molecular formula is C13H16N4O4. The van der Waals surface area contributed by atoms with E-state index in [1.807, 2.05) is 4.90 Å². The van der Waals surface area contributed by atoms with Crippen molar-refractivity contribution < 1.29 is 14.8 Å². The van der Waals surface area contributed by atoms with Crippen molar-refractivity contribution in [2.24, 2.45) is 11.8 Å². The van der Waals surface area contributed by atoms with Crippen LogP contribution in [0, 0.1) is 22.0 Å². The number of hydrogen-bond donors (Lipinski definition) is 2. The molecule has 112 valence electrons. The van der Waals surface area contributed by atoms with Gasteiger partial charge >= 0.3 is 11.9 Å². The SMILES string of the molecule is O=C(O)NC1[C@@H]2CC[C@H]1CN(c1cccnc1[N+](=O)[O-])C2. The third-order valence-electron chi connectivity index (χ3n) is 4.40. The van der Waals surface area contributed by atoms with Gasteiger partial charge in [0.05, 0.1) is 0 Å². The highest BCUT2D eigenvalue weighted by Crippen LogP contribution is 2.40. The van der Waals surface area contributed by atoms with Crippen molar-refractivity contribution in [1.82, 2.24) is 10.3 Å². The lowest BCUT2D eigenvalue weighted by molar-refractivity contribution is -0.388. The van der Waals surface area contributed by atoms with Gasteiger partial charge in [-0.2, -0.15) is 0 Å². The van der Waals surface area contributed by atoms with Crippen LogP contribution in [-0.4, -0.2) is 40.2 Å². The van der Waals surface area contributed by atoms with Gasteiger partial charge in [-0.3, -0.25) is 0 Å². The number of rotatable bonds is 3. The van der Waals surface area contributed by atoms with E-state index in [9.17, 15) is 14.9 Å². The van der Waals surface area contributed by atoms with Gasteiger partial charge in [-0.15, -0.1) is 0 Å². The summed E-state index contributed by atoms with van der Waals surface area (Å²) in [5, 5.41) is 22.6. The number of nitrogens with zero attached hydrogens (tertiary/aromatic N) is 3. The molecule has 0 spiro atoms. The minimum Gasteiger partial charge on any atom is -0.465 e. The Hall–Kier alpha value is -2.38. The number of nitro groups is 1. The van der Waals surface area contributed by atoms with Crippen LogP contribution in [0.1, 0.15) is 12.8 Å². The van der Waals surface area contributed by atoms with Crippen LogP contribution in [0.4, 0.5) is 16.3 Å². The molecule has 2 N–H and O–H groups in total. The van der Waals surface area contributed by atoms with Gasteiger partial charge in [-0.25, -0.2) is 4.79 Å². The molecule has 0 radical (unpaired) electrons. The Morgan fingerprint density at radius 2 is 2.10 bits per heavy atom. The highest BCUT2D eigenvalue weighted by atomic mass is 16.6. The van der Waals surface area contributed by atoms with E-state index < -0.39 is 11.0 Å². The van der Waals surface area contributed by atoms with E-state index in [0.717, 1.165) is 12.8 Å². The van der Waals surface area contributed by atoms with Crippen LogP contribution in [0.5, 0.6) is 0 Å². The molecule has 1 saturated carbocycles. The molecule has 1 aliphatic heterocycles.